The van der Waals surface area contributed by atoms with E-state index in [1.54, 1.807) is 7.11 Å². The van der Waals surface area contributed by atoms with Crippen LogP contribution in [0.3, 0.4) is 0 Å². The minimum atomic E-state index is -0.0398. The molecule has 2 N–H and O–H groups in total. The Morgan fingerprint density at radius 2 is 2.10 bits per heavy atom. The second-order valence-electron chi connectivity index (χ2n) is 10.4. The summed E-state index contributed by atoms with van der Waals surface area (Å²) >= 11 is 0. The average molecular weight is 432 g/mol. The van der Waals surface area contributed by atoms with Crippen LogP contribution in [0, 0.1) is 28.6 Å². The van der Waals surface area contributed by atoms with Gasteiger partial charge in [-0.3, -0.25) is 4.79 Å². The molecule has 1 saturated heterocycles. The van der Waals surface area contributed by atoms with Crippen LogP contribution in [0.2, 0.25) is 0 Å². The normalized spacial score (nSPS) is 33.3. The van der Waals surface area contributed by atoms with Gasteiger partial charge in [-0.2, -0.15) is 0 Å². The van der Waals surface area contributed by atoms with Gasteiger partial charge in [0.25, 0.3) is 0 Å². The number of aliphatic hydroxyl groups is 1. The molecule has 3 fully saturated rings. The summed E-state index contributed by atoms with van der Waals surface area (Å²) in [5, 5.41) is 12.5. The van der Waals surface area contributed by atoms with Crippen LogP contribution in [-0.4, -0.2) is 44.0 Å². The first-order valence-corrected chi connectivity index (χ1v) is 11.6. The van der Waals surface area contributed by atoms with Crippen molar-refractivity contribution in [2.24, 2.45) is 28.6 Å². The van der Waals surface area contributed by atoms with E-state index in [0.717, 1.165) is 24.8 Å². The van der Waals surface area contributed by atoms with Crippen molar-refractivity contribution in [1.29, 1.82) is 0 Å². The van der Waals surface area contributed by atoms with Crippen LogP contribution in [0.25, 0.3) is 0 Å². The monoisotopic (exact) mass is 431 g/mol. The van der Waals surface area contributed by atoms with Crippen molar-refractivity contribution < 1.29 is 24.1 Å². The number of carbonyl (C=O) groups excluding carboxylic acids is 1. The van der Waals surface area contributed by atoms with Gasteiger partial charge in [-0.25, -0.2) is 0 Å². The molecule has 1 spiro atoms. The van der Waals surface area contributed by atoms with E-state index >= 15 is 0 Å². The average Bonchev–Trinajstić information content (AvgIpc) is 3.24. The highest BCUT2D eigenvalue weighted by molar-refractivity contribution is 5.78. The number of ether oxygens (including phenoxy) is 3. The second kappa shape index (κ2) is 8.28. The number of benzene rings is 1. The first-order valence-electron chi connectivity index (χ1n) is 11.6. The highest BCUT2D eigenvalue weighted by Gasteiger charge is 2.68. The van der Waals surface area contributed by atoms with Crippen molar-refractivity contribution >= 4 is 5.91 Å². The van der Waals surface area contributed by atoms with Crippen LogP contribution >= 0.6 is 0 Å². The fourth-order valence-corrected chi connectivity index (χ4v) is 6.56. The van der Waals surface area contributed by atoms with E-state index < -0.39 is 0 Å². The zero-order chi connectivity index (χ0) is 22.4. The van der Waals surface area contributed by atoms with E-state index in [2.05, 4.69) is 25.2 Å². The zero-order valence-corrected chi connectivity index (χ0v) is 19.4. The Bertz CT molecular complexity index is 822. The highest BCUT2D eigenvalue weighted by atomic mass is 16.5. The lowest BCUT2D eigenvalue weighted by Gasteiger charge is -2.53. The molecule has 31 heavy (non-hydrogen) atoms. The minimum Gasteiger partial charge on any atom is -0.493 e. The van der Waals surface area contributed by atoms with Gasteiger partial charge in [-0.05, 0) is 59.6 Å². The van der Waals surface area contributed by atoms with E-state index in [9.17, 15) is 4.79 Å². The number of hydrogen-bond acceptors (Lipinski definition) is 5. The predicted molar refractivity (Wildman–Crippen MR) is 118 cm³/mol. The van der Waals surface area contributed by atoms with Crippen LogP contribution < -0.4 is 14.8 Å². The molecule has 2 aliphatic carbocycles. The largest absolute Gasteiger partial charge is 0.493 e. The number of aliphatic hydroxyl groups excluding tert-OH is 1. The smallest absolute Gasteiger partial charge is 0.222 e. The van der Waals surface area contributed by atoms with Crippen molar-refractivity contribution in [3.05, 3.63) is 23.8 Å². The fraction of sp³-hybridized carbons (Fsp3) is 0.720. The number of nitrogens with one attached hydrogen (secondary N) is 1. The van der Waals surface area contributed by atoms with E-state index in [0.29, 0.717) is 29.9 Å². The molecule has 1 aromatic rings. The van der Waals surface area contributed by atoms with Gasteiger partial charge >= 0.3 is 0 Å². The third-order valence-corrected chi connectivity index (χ3v) is 8.18. The molecule has 2 bridgehead atoms. The highest BCUT2D eigenvalue weighted by Crippen LogP contribution is 2.70. The van der Waals surface area contributed by atoms with Gasteiger partial charge in [0.2, 0.25) is 5.91 Å². The van der Waals surface area contributed by atoms with E-state index in [-0.39, 0.29) is 48.0 Å². The lowest BCUT2D eigenvalue weighted by molar-refractivity contribution is -0.139. The number of methoxy groups -OCH3 is 1. The van der Waals surface area contributed by atoms with Gasteiger partial charge in [-0.1, -0.05) is 33.8 Å². The molecular formula is C25H37NO5. The maximum Gasteiger partial charge on any atom is 0.222 e. The lowest BCUT2D eigenvalue weighted by Crippen LogP contribution is -2.59. The minimum absolute atomic E-state index is 0.0175. The Morgan fingerprint density at radius 3 is 2.77 bits per heavy atom. The Kier molecular flexibility index (Phi) is 5.99. The quantitative estimate of drug-likeness (QED) is 0.688. The molecule has 172 valence electrons. The van der Waals surface area contributed by atoms with Crippen molar-refractivity contribution in [3.63, 3.8) is 0 Å². The lowest BCUT2D eigenvalue weighted by atomic mass is 9.58. The predicted octanol–water partition coefficient (Wildman–Crippen LogP) is 3.72. The summed E-state index contributed by atoms with van der Waals surface area (Å²) in [4.78, 5) is 12.7. The van der Waals surface area contributed by atoms with E-state index in [1.165, 1.54) is 0 Å². The zero-order valence-electron chi connectivity index (χ0n) is 19.4. The Morgan fingerprint density at radius 1 is 1.32 bits per heavy atom. The van der Waals surface area contributed by atoms with Crippen LogP contribution in [-0.2, 0) is 9.53 Å². The Labute approximate surface area is 185 Å². The van der Waals surface area contributed by atoms with Crippen molar-refractivity contribution in [2.75, 3.05) is 26.9 Å². The maximum absolute atomic E-state index is 12.7. The molecule has 0 aromatic heterocycles. The third-order valence-electron chi connectivity index (χ3n) is 8.18. The van der Waals surface area contributed by atoms with Crippen molar-refractivity contribution in [2.45, 2.75) is 59.1 Å². The molecule has 0 unspecified atom stereocenters. The first kappa shape index (κ1) is 22.4. The number of amides is 1. The number of rotatable bonds is 7. The van der Waals surface area contributed by atoms with Gasteiger partial charge in [0.1, 0.15) is 6.61 Å². The van der Waals surface area contributed by atoms with Gasteiger partial charge in [0, 0.05) is 18.6 Å². The topological polar surface area (TPSA) is 77.0 Å². The molecule has 1 heterocycles. The van der Waals surface area contributed by atoms with E-state index in [1.807, 2.05) is 26.0 Å². The summed E-state index contributed by atoms with van der Waals surface area (Å²) in [5.41, 5.74) is 1.25. The van der Waals surface area contributed by atoms with Crippen molar-refractivity contribution in [1.82, 2.24) is 5.32 Å². The summed E-state index contributed by atoms with van der Waals surface area (Å²) in [6.45, 7) is 9.47. The number of hydrogen-bond donors (Lipinski definition) is 2. The summed E-state index contributed by atoms with van der Waals surface area (Å²) < 4.78 is 17.5. The SMILES string of the molecule is COc1cc([C@H]2OCC[C@@]34C[C@@H](C[C@H]23)C(C)(C)[C@@H]4NC(=O)C(C)C)ccc1OCCO. The molecule has 1 aliphatic heterocycles. The third kappa shape index (κ3) is 3.62. The molecule has 0 radical (unpaired) electrons. The molecule has 2 saturated carbocycles. The fourth-order valence-electron chi connectivity index (χ4n) is 6.56. The molecule has 6 heteroatoms. The molecular weight excluding hydrogens is 394 g/mol. The van der Waals surface area contributed by atoms with Crippen LogP contribution in [0.4, 0.5) is 0 Å². The Balaban J connectivity index is 1.64. The molecule has 1 amide bonds. The number of carbonyl (C=O) groups is 1. The molecule has 5 atom stereocenters. The van der Waals surface area contributed by atoms with Gasteiger partial charge in [0.05, 0.1) is 19.8 Å². The summed E-state index contributed by atoms with van der Waals surface area (Å²) in [5.74, 6) is 2.35. The van der Waals surface area contributed by atoms with Crippen molar-refractivity contribution in [3.8, 4) is 11.5 Å². The van der Waals surface area contributed by atoms with Crippen LogP contribution in [0.15, 0.2) is 18.2 Å². The molecule has 6 nitrogen and oxygen atoms in total. The van der Waals surface area contributed by atoms with Gasteiger partial charge in [0.15, 0.2) is 11.5 Å². The Hall–Kier alpha value is -1.79. The van der Waals surface area contributed by atoms with Crippen LogP contribution in [0.1, 0.15) is 58.6 Å². The maximum atomic E-state index is 12.7. The number of fused-ring (bicyclic) bond motifs is 1. The summed E-state index contributed by atoms with van der Waals surface area (Å²) in [6, 6.07) is 6.13. The molecule has 3 aliphatic rings. The summed E-state index contributed by atoms with van der Waals surface area (Å²) in [7, 11) is 1.63. The van der Waals surface area contributed by atoms with Gasteiger partial charge in [-0.15, -0.1) is 0 Å². The molecule has 1 aromatic carbocycles. The standard InChI is InChI=1S/C25H37NO5/c1-15(2)22(28)26-23-24(3,4)17-13-18-21(31-10-8-25(18,23)14-17)16-6-7-19(30-11-9-27)20(12-16)29-5/h6-7,12,15,17-18,21,23,27H,8-11,13-14H2,1-5H3,(H,26,28)/t17-,18-,21-,23+,25-/m1/s1. The van der Waals surface area contributed by atoms with Crippen LogP contribution in [0.5, 0.6) is 11.5 Å². The first-order chi connectivity index (χ1) is 14.7. The summed E-state index contributed by atoms with van der Waals surface area (Å²) in [6.07, 6.45) is 3.25. The van der Waals surface area contributed by atoms with E-state index in [4.69, 9.17) is 19.3 Å². The second-order valence-corrected chi connectivity index (χ2v) is 10.4. The van der Waals surface area contributed by atoms with Gasteiger partial charge < -0.3 is 24.6 Å². The molecule has 4 rings (SSSR count).